The lowest BCUT2D eigenvalue weighted by Crippen LogP contribution is -2.29. The average molecular weight is 361 g/mol. The molecule has 0 unspecified atom stereocenters. The number of carbonyl (C=O) groups is 2. The van der Waals surface area contributed by atoms with Crippen molar-refractivity contribution < 1.29 is 41.0 Å². The molecule has 0 spiro atoms. The predicted molar refractivity (Wildman–Crippen MR) is 73.7 cm³/mol. The highest BCUT2D eigenvalue weighted by Gasteiger charge is 2.21. The Bertz CT molecular complexity index is 779. The number of methoxy groups -OCH3 is 1. The number of nitrogens with one attached hydrogen (secondary N) is 1. The predicted octanol–water partition coefficient (Wildman–Crippen LogP) is 2.32. The molecule has 1 aromatic heterocycles. The molecule has 0 radical (unpaired) electrons. The molecule has 0 saturated heterocycles. The largest absolute Gasteiger partial charge is 0.479 e. The Hall–Kier alpha value is -3.04. The van der Waals surface area contributed by atoms with E-state index < -0.39 is 47.5 Å². The maximum Gasteiger partial charge on any atom is 0.325 e. The van der Waals surface area contributed by atoms with E-state index >= 15 is 0 Å². The number of carbonyl (C=O) groups excluding carboxylic acids is 2. The fraction of sp³-hybridized carbons (Fsp3) is 0.200. The number of amides is 1. The van der Waals surface area contributed by atoms with Crippen LogP contribution in [0.15, 0.2) is 22.6 Å². The number of furan rings is 1. The average Bonchev–Trinajstić information content (AvgIpc) is 3.06. The van der Waals surface area contributed by atoms with E-state index in [9.17, 15) is 27.2 Å². The van der Waals surface area contributed by atoms with Crippen LogP contribution in [0.4, 0.5) is 17.6 Å². The Morgan fingerprint density at radius 2 is 1.76 bits per heavy atom. The summed E-state index contributed by atoms with van der Waals surface area (Å²) in [5.74, 6) is -9.55. The van der Waals surface area contributed by atoms with E-state index in [1.807, 2.05) is 0 Å². The summed E-state index contributed by atoms with van der Waals surface area (Å²) < 4.78 is 67.1. The van der Waals surface area contributed by atoms with Crippen LogP contribution in [0.25, 0.3) is 0 Å². The Morgan fingerprint density at radius 1 is 1.12 bits per heavy atom. The summed E-state index contributed by atoms with van der Waals surface area (Å²) in [5, 5.41) is 2.20. The number of hydrogen-bond donors (Lipinski definition) is 1. The first kappa shape index (κ1) is 18.3. The standard InChI is InChI=1S/C15H11F4NO5/c1-23-11(21)5-20-15(22)10-3-2-7(25-10)6-24-14-12(18)8(16)4-9(17)13(14)19/h2-4H,5-6H2,1H3,(H,20,22). The lowest BCUT2D eigenvalue weighted by atomic mass is 10.3. The second-order valence-corrected chi connectivity index (χ2v) is 4.61. The minimum Gasteiger partial charge on any atom is -0.479 e. The van der Waals surface area contributed by atoms with E-state index in [0.717, 1.165) is 7.11 Å². The molecule has 1 N–H and O–H groups in total. The number of esters is 1. The van der Waals surface area contributed by atoms with Crippen molar-refractivity contribution in [3.8, 4) is 5.75 Å². The molecule has 0 aliphatic heterocycles. The highest BCUT2D eigenvalue weighted by atomic mass is 19.2. The van der Waals surface area contributed by atoms with E-state index in [1.54, 1.807) is 0 Å². The highest BCUT2D eigenvalue weighted by molar-refractivity contribution is 5.93. The van der Waals surface area contributed by atoms with E-state index in [4.69, 9.17) is 9.15 Å². The summed E-state index contributed by atoms with van der Waals surface area (Å²) >= 11 is 0. The van der Waals surface area contributed by atoms with E-state index in [0.29, 0.717) is 0 Å². The maximum absolute atomic E-state index is 13.4. The van der Waals surface area contributed by atoms with Gasteiger partial charge < -0.3 is 19.2 Å². The van der Waals surface area contributed by atoms with Crippen LogP contribution >= 0.6 is 0 Å². The second kappa shape index (κ2) is 7.69. The van der Waals surface area contributed by atoms with Crippen LogP contribution in [0.1, 0.15) is 16.3 Å². The summed E-state index contributed by atoms with van der Waals surface area (Å²) in [5.41, 5.74) is 0. The zero-order valence-electron chi connectivity index (χ0n) is 12.7. The van der Waals surface area contributed by atoms with Gasteiger partial charge >= 0.3 is 5.97 Å². The summed E-state index contributed by atoms with van der Waals surface area (Å²) in [4.78, 5) is 22.6. The first-order valence-electron chi connectivity index (χ1n) is 6.73. The van der Waals surface area contributed by atoms with Gasteiger partial charge in [-0.15, -0.1) is 0 Å². The molecule has 0 aliphatic carbocycles. The fourth-order valence-electron chi connectivity index (χ4n) is 1.71. The van der Waals surface area contributed by atoms with Gasteiger partial charge in [-0.05, 0) is 12.1 Å². The normalized spacial score (nSPS) is 10.4. The van der Waals surface area contributed by atoms with Crippen molar-refractivity contribution in [3.63, 3.8) is 0 Å². The Labute approximate surface area is 138 Å². The van der Waals surface area contributed by atoms with Crippen molar-refractivity contribution in [2.24, 2.45) is 0 Å². The van der Waals surface area contributed by atoms with Gasteiger partial charge in [0.15, 0.2) is 23.1 Å². The van der Waals surface area contributed by atoms with Crippen LogP contribution in [0.3, 0.4) is 0 Å². The molecule has 0 fully saturated rings. The van der Waals surface area contributed by atoms with Gasteiger partial charge in [-0.1, -0.05) is 0 Å². The third kappa shape index (κ3) is 4.28. The van der Waals surface area contributed by atoms with Crippen molar-refractivity contribution in [1.82, 2.24) is 5.32 Å². The second-order valence-electron chi connectivity index (χ2n) is 4.61. The lowest BCUT2D eigenvalue weighted by molar-refractivity contribution is -0.139. The summed E-state index contributed by atoms with van der Waals surface area (Å²) in [6.07, 6.45) is 0. The summed E-state index contributed by atoms with van der Waals surface area (Å²) in [6, 6.07) is 2.51. The van der Waals surface area contributed by atoms with Gasteiger partial charge in [0, 0.05) is 6.07 Å². The lowest BCUT2D eigenvalue weighted by Gasteiger charge is -2.08. The van der Waals surface area contributed by atoms with Crippen molar-refractivity contribution in [3.05, 3.63) is 53.0 Å². The van der Waals surface area contributed by atoms with Crippen molar-refractivity contribution in [2.45, 2.75) is 6.61 Å². The Kier molecular flexibility index (Phi) is 5.63. The number of ether oxygens (including phenoxy) is 2. The van der Waals surface area contributed by atoms with Gasteiger partial charge in [-0.3, -0.25) is 9.59 Å². The third-order valence-electron chi connectivity index (χ3n) is 2.94. The SMILES string of the molecule is COC(=O)CNC(=O)c1ccc(COc2c(F)c(F)cc(F)c2F)o1. The van der Waals surface area contributed by atoms with E-state index in [2.05, 4.69) is 10.1 Å². The van der Waals surface area contributed by atoms with Crippen LogP contribution in [0, 0.1) is 23.3 Å². The van der Waals surface area contributed by atoms with Gasteiger partial charge in [0.25, 0.3) is 5.91 Å². The highest BCUT2D eigenvalue weighted by Crippen LogP contribution is 2.27. The molecule has 0 saturated carbocycles. The van der Waals surface area contributed by atoms with Crippen molar-refractivity contribution in [2.75, 3.05) is 13.7 Å². The minimum absolute atomic E-state index is 0.0494. The maximum atomic E-state index is 13.4. The molecule has 134 valence electrons. The first-order chi connectivity index (χ1) is 11.8. The molecule has 1 amide bonds. The molecule has 0 atom stereocenters. The molecule has 1 aromatic carbocycles. The van der Waals surface area contributed by atoms with Gasteiger partial charge in [0.1, 0.15) is 18.9 Å². The number of benzene rings is 1. The smallest absolute Gasteiger partial charge is 0.325 e. The molecule has 6 nitrogen and oxygen atoms in total. The van der Waals surface area contributed by atoms with Crippen LogP contribution in [0.5, 0.6) is 5.75 Å². The Morgan fingerprint density at radius 3 is 2.36 bits per heavy atom. The molecule has 2 aromatic rings. The Balaban J connectivity index is 2.03. The van der Waals surface area contributed by atoms with Gasteiger partial charge in [-0.2, -0.15) is 8.78 Å². The van der Waals surface area contributed by atoms with Gasteiger partial charge in [0.05, 0.1) is 7.11 Å². The number of halogens is 4. The topological polar surface area (TPSA) is 77.8 Å². The van der Waals surface area contributed by atoms with Crippen LogP contribution < -0.4 is 10.1 Å². The quantitative estimate of drug-likeness (QED) is 0.485. The molecule has 0 aliphatic rings. The third-order valence-corrected chi connectivity index (χ3v) is 2.94. The van der Waals surface area contributed by atoms with Gasteiger partial charge in [0.2, 0.25) is 11.6 Å². The molecule has 25 heavy (non-hydrogen) atoms. The molecule has 10 heteroatoms. The van der Waals surface area contributed by atoms with E-state index in [1.165, 1.54) is 12.1 Å². The fourth-order valence-corrected chi connectivity index (χ4v) is 1.71. The number of hydrogen-bond acceptors (Lipinski definition) is 5. The molecule has 2 rings (SSSR count). The zero-order valence-corrected chi connectivity index (χ0v) is 12.7. The first-order valence-corrected chi connectivity index (χ1v) is 6.73. The van der Waals surface area contributed by atoms with Crippen LogP contribution in [0.2, 0.25) is 0 Å². The van der Waals surface area contributed by atoms with Crippen LogP contribution in [-0.2, 0) is 16.1 Å². The van der Waals surface area contributed by atoms with E-state index in [-0.39, 0.29) is 24.1 Å². The minimum atomic E-state index is -1.69. The van der Waals surface area contributed by atoms with Gasteiger partial charge in [-0.25, -0.2) is 8.78 Å². The zero-order chi connectivity index (χ0) is 18.6. The van der Waals surface area contributed by atoms with Crippen molar-refractivity contribution >= 4 is 11.9 Å². The summed E-state index contributed by atoms with van der Waals surface area (Å²) in [6.45, 7) is -0.984. The molecule has 1 heterocycles. The molecule has 0 bridgehead atoms. The van der Waals surface area contributed by atoms with Crippen molar-refractivity contribution in [1.29, 1.82) is 0 Å². The van der Waals surface area contributed by atoms with Crippen LogP contribution in [-0.4, -0.2) is 25.5 Å². The summed E-state index contributed by atoms with van der Waals surface area (Å²) in [7, 11) is 1.14. The number of rotatable bonds is 6. The monoisotopic (exact) mass is 361 g/mol. The molecular weight excluding hydrogens is 350 g/mol. The molecular formula is C15H11F4NO5.